The fourth-order valence-corrected chi connectivity index (χ4v) is 14.0. The molecular formula is C66H46N4S2. The number of hydrogen-bond acceptors (Lipinski definition) is 6. The van der Waals surface area contributed by atoms with Gasteiger partial charge in [0, 0.05) is 110 Å². The van der Waals surface area contributed by atoms with E-state index in [4.69, 9.17) is 0 Å². The van der Waals surface area contributed by atoms with E-state index in [9.17, 15) is 0 Å². The lowest BCUT2D eigenvalue weighted by Crippen LogP contribution is -2.44. The molecular weight excluding hydrogens is 913 g/mol. The number of aromatic nitrogens is 1. The van der Waals surface area contributed by atoms with Crippen molar-refractivity contribution in [3.05, 3.63) is 259 Å². The van der Waals surface area contributed by atoms with Crippen LogP contribution < -0.4 is 14.7 Å². The molecule has 1 atom stereocenters. The largest absolute Gasteiger partial charge is 0.331 e. The zero-order valence-electron chi connectivity index (χ0n) is 39.5. The first kappa shape index (κ1) is 42.3. The van der Waals surface area contributed by atoms with Gasteiger partial charge in [0.15, 0.2) is 0 Å². The summed E-state index contributed by atoms with van der Waals surface area (Å²) in [5.41, 5.74) is 12.7. The minimum atomic E-state index is -0.397. The van der Waals surface area contributed by atoms with Gasteiger partial charge in [0.05, 0.1) is 11.2 Å². The molecule has 0 amide bonds. The van der Waals surface area contributed by atoms with Gasteiger partial charge >= 0.3 is 0 Å². The number of hydrogen-bond donors (Lipinski definition) is 0. The summed E-state index contributed by atoms with van der Waals surface area (Å²) >= 11 is 3.81. The first-order valence-corrected chi connectivity index (χ1v) is 26.2. The average Bonchev–Trinajstić information content (AvgIpc) is 4.00. The SMILES string of the molecule is CC1(N(c2ccccc2)c2ccc3ccncc3c2)Cc2sc3ccc(N(c4ccccc4)c4ccc5sc6cc(N(c7ccccc7)c7ccccc7)c7ccccc7c6c5c4)cc3c2-c2ccccc21. The summed E-state index contributed by atoms with van der Waals surface area (Å²) in [5.74, 6) is 0. The maximum Gasteiger partial charge on any atom is 0.0728 e. The van der Waals surface area contributed by atoms with Crippen molar-refractivity contribution in [2.75, 3.05) is 14.7 Å². The summed E-state index contributed by atoms with van der Waals surface area (Å²) in [5, 5.41) is 8.61. The van der Waals surface area contributed by atoms with Gasteiger partial charge in [-0.2, -0.15) is 0 Å². The first-order chi connectivity index (χ1) is 35.6. The molecule has 0 saturated heterocycles. The molecule has 1 aliphatic rings. The minimum Gasteiger partial charge on any atom is -0.331 e. The lowest BCUT2D eigenvalue weighted by Gasteiger charge is -2.46. The van der Waals surface area contributed by atoms with E-state index in [1.54, 1.807) is 0 Å². The van der Waals surface area contributed by atoms with Gasteiger partial charge in [-0.1, -0.05) is 127 Å². The Morgan fingerprint density at radius 3 is 1.68 bits per heavy atom. The highest BCUT2D eigenvalue weighted by Gasteiger charge is 2.42. The topological polar surface area (TPSA) is 22.6 Å². The molecule has 14 rings (SSSR count). The zero-order chi connectivity index (χ0) is 47.8. The first-order valence-electron chi connectivity index (χ1n) is 24.6. The Balaban J connectivity index is 0.917. The summed E-state index contributed by atoms with van der Waals surface area (Å²) in [4.78, 5) is 13.3. The van der Waals surface area contributed by atoms with Gasteiger partial charge in [-0.15, -0.1) is 22.7 Å². The molecule has 4 nitrogen and oxygen atoms in total. The Morgan fingerprint density at radius 2 is 0.986 bits per heavy atom. The maximum atomic E-state index is 4.50. The van der Waals surface area contributed by atoms with Crippen molar-refractivity contribution < 1.29 is 0 Å². The molecule has 0 spiro atoms. The van der Waals surface area contributed by atoms with Crippen LogP contribution in [0.3, 0.4) is 0 Å². The molecule has 1 aliphatic carbocycles. The number of fused-ring (bicyclic) bond motifs is 11. The second-order valence-electron chi connectivity index (χ2n) is 18.9. The standard InChI is InChI=1S/C66H46N4S2/c1-66(70(49-24-12-5-13-25-49)52-31-30-44-36-37-67-43-45(44)38-52)42-63-65(55-28-16-17-29-58(55)66)57-40-51(33-35-61(57)72-63)68(46-18-6-2-7-19-46)50-32-34-60-56(39-50)64-54-27-15-14-26-53(54)59(41-62(64)71-60)69(47-20-8-3-9-21-47)48-22-10-4-11-23-48/h2-41,43H,42H2,1H3. The number of para-hydroxylation sites is 4. The van der Waals surface area contributed by atoms with Gasteiger partial charge in [0.2, 0.25) is 0 Å². The number of thiophene rings is 2. The van der Waals surface area contributed by atoms with Crippen molar-refractivity contribution in [3.63, 3.8) is 0 Å². The smallest absolute Gasteiger partial charge is 0.0728 e. The zero-order valence-corrected chi connectivity index (χ0v) is 41.1. The lowest BCUT2D eigenvalue weighted by molar-refractivity contribution is 0.478. The Morgan fingerprint density at radius 1 is 0.417 bits per heavy atom. The summed E-state index contributed by atoms with van der Waals surface area (Å²) in [6.07, 6.45) is 4.70. The van der Waals surface area contributed by atoms with Gasteiger partial charge in [-0.25, -0.2) is 0 Å². The van der Waals surface area contributed by atoms with Gasteiger partial charge in [0.25, 0.3) is 0 Å². The Bertz CT molecular complexity index is 4130. The van der Waals surface area contributed by atoms with Crippen molar-refractivity contribution in [3.8, 4) is 11.1 Å². The monoisotopic (exact) mass is 958 g/mol. The molecule has 0 aliphatic heterocycles. The van der Waals surface area contributed by atoms with E-state index in [2.05, 4.69) is 263 Å². The van der Waals surface area contributed by atoms with E-state index >= 15 is 0 Å². The van der Waals surface area contributed by atoms with Crippen LogP contribution in [0.25, 0.3) is 62.9 Å². The molecule has 6 heteroatoms. The minimum absolute atomic E-state index is 0.397. The molecule has 342 valence electrons. The molecule has 10 aromatic carbocycles. The third kappa shape index (κ3) is 6.90. The van der Waals surface area contributed by atoms with Crippen LogP contribution in [-0.4, -0.2) is 4.98 Å². The number of anilines is 8. The Hall–Kier alpha value is -8.55. The highest BCUT2D eigenvalue weighted by atomic mass is 32.1. The predicted octanol–water partition coefficient (Wildman–Crippen LogP) is 19.2. The van der Waals surface area contributed by atoms with Crippen LogP contribution in [0.1, 0.15) is 17.4 Å². The molecule has 72 heavy (non-hydrogen) atoms. The molecule has 3 heterocycles. The van der Waals surface area contributed by atoms with Crippen molar-refractivity contribution >= 4 is 120 Å². The second-order valence-corrected chi connectivity index (χ2v) is 21.1. The van der Waals surface area contributed by atoms with E-state index in [0.29, 0.717) is 0 Å². The molecule has 3 aromatic heterocycles. The number of rotatable bonds is 9. The predicted molar refractivity (Wildman–Crippen MR) is 308 cm³/mol. The van der Waals surface area contributed by atoms with E-state index in [1.165, 1.54) is 73.7 Å². The number of nitrogens with zero attached hydrogens (tertiary/aromatic N) is 4. The van der Waals surface area contributed by atoms with Gasteiger partial charge in [-0.3, -0.25) is 4.98 Å². The molecule has 0 saturated carbocycles. The molecule has 1 unspecified atom stereocenters. The summed E-state index contributed by atoms with van der Waals surface area (Å²) in [6, 6.07) is 86.8. The Kier molecular flexibility index (Phi) is 10.1. The van der Waals surface area contributed by atoms with Crippen molar-refractivity contribution in [1.29, 1.82) is 0 Å². The van der Waals surface area contributed by atoms with Crippen LogP contribution in [0.15, 0.2) is 249 Å². The lowest BCUT2D eigenvalue weighted by atomic mass is 9.75. The normalized spacial score (nSPS) is 14.2. The highest BCUT2D eigenvalue weighted by molar-refractivity contribution is 7.26. The van der Waals surface area contributed by atoms with Crippen LogP contribution in [0.5, 0.6) is 0 Å². The molecule has 0 radical (unpaired) electrons. The van der Waals surface area contributed by atoms with Gasteiger partial charge in [0.1, 0.15) is 0 Å². The molecule has 0 N–H and O–H groups in total. The summed E-state index contributed by atoms with van der Waals surface area (Å²) in [6.45, 7) is 2.43. The van der Waals surface area contributed by atoms with Crippen molar-refractivity contribution in [2.45, 2.75) is 18.9 Å². The van der Waals surface area contributed by atoms with E-state index in [0.717, 1.165) is 51.6 Å². The van der Waals surface area contributed by atoms with E-state index < -0.39 is 5.54 Å². The van der Waals surface area contributed by atoms with Gasteiger partial charge < -0.3 is 14.7 Å². The van der Waals surface area contributed by atoms with Crippen molar-refractivity contribution in [1.82, 2.24) is 4.98 Å². The van der Waals surface area contributed by atoms with Crippen LogP contribution in [0, 0.1) is 0 Å². The number of benzene rings is 10. The van der Waals surface area contributed by atoms with Crippen LogP contribution in [-0.2, 0) is 12.0 Å². The van der Waals surface area contributed by atoms with E-state index in [-0.39, 0.29) is 0 Å². The quantitative estimate of drug-likeness (QED) is 0.144. The highest BCUT2D eigenvalue weighted by Crippen LogP contribution is 2.55. The Labute approximate surface area is 426 Å². The average molecular weight is 959 g/mol. The fourth-order valence-electron chi connectivity index (χ4n) is 11.5. The van der Waals surface area contributed by atoms with Crippen LogP contribution in [0.2, 0.25) is 0 Å². The third-order valence-corrected chi connectivity index (χ3v) is 16.9. The molecule has 13 aromatic rings. The van der Waals surface area contributed by atoms with Crippen molar-refractivity contribution in [2.24, 2.45) is 0 Å². The van der Waals surface area contributed by atoms with Gasteiger partial charge in [-0.05, 0) is 138 Å². The van der Waals surface area contributed by atoms with Crippen LogP contribution in [0.4, 0.5) is 45.5 Å². The molecule has 0 bridgehead atoms. The van der Waals surface area contributed by atoms with Crippen LogP contribution >= 0.6 is 22.7 Å². The fraction of sp³-hybridized carbons (Fsp3) is 0.0455. The maximum absolute atomic E-state index is 4.50. The third-order valence-electron chi connectivity index (χ3n) is 14.7. The number of pyridine rings is 1. The summed E-state index contributed by atoms with van der Waals surface area (Å²) in [7, 11) is 0. The second kappa shape index (κ2) is 17.1. The molecule has 0 fully saturated rings. The summed E-state index contributed by atoms with van der Waals surface area (Å²) < 4.78 is 3.82. The van der Waals surface area contributed by atoms with E-state index in [1.807, 2.05) is 35.1 Å².